The van der Waals surface area contributed by atoms with Gasteiger partial charge >= 0.3 is 0 Å². The van der Waals surface area contributed by atoms with Gasteiger partial charge < -0.3 is 11.1 Å². The number of fused-ring (bicyclic) bond motifs is 2. The minimum atomic E-state index is -0.185. The van der Waals surface area contributed by atoms with Crippen molar-refractivity contribution in [3.8, 4) is 11.3 Å². The van der Waals surface area contributed by atoms with Gasteiger partial charge in [0.1, 0.15) is 11.6 Å². The summed E-state index contributed by atoms with van der Waals surface area (Å²) in [7, 11) is 0. The van der Waals surface area contributed by atoms with Gasteiger partial charge in [-0.05, 0) is 40.3 Å². The average Bonchev–Trinajstić information content (AvgIpc) is 2.97. The number of benzene rings is 3. The van der Waals surface area contributed by atoms with Crippen molar-refractivity contribution in [2.45, 2.75) is 6.54 Å². The summed E-state index contributed by atoms with van der Waals surface area (Å²) in [6.07, 6.45) is 2.06. The second-order valence-electron chi connectivity index (χ2n) is 7.11. The van der Waals surface area contributed by atoms with Crippen molar-refractivity contribution >= 4 is 22.2 Å². The number of nitrogen functional groups attached to an aromatic ring is 1. The van der Waals surface area contributed by atoms with Crippen molar-refractivity contribution in [1.29, 1.82) is 0 Å². The molecule has 5 rings (SSSR count). The second kappa shape index (κ2) is 7.11. The normalized spacial score (nSPS) is 13.6. The molecule has 2 heterocycles. The Morgan fingerprint density at radius 1 is 0.897 bits per heavy atom. The van der Waals surface area contributed by atoms with E-state index in [1.165, 1.54) is 0 Å². The molecule has 0 atom stereocenters. The van der Waals surface area contributed by atoms with Gasteiger partial charge in [-0.15, -0.1) is 10.2 Å². The highest BCUT2D eigenvalue weighted by Gasteiger charge is 2.18. The molecular weight excluding hydrogens is 363 g/mol. The Labute approximate surface area is 167 Å². The maximum absolute atomic E-state index is 15.4. The Kier molecular flexibility index (Phi) is 4.30. The van der Waals surface area contributed by atoms with Gasteiger partial charge in [-0.2, -0.15) is 0 Å². The van der Waals surface area contributed by atoms with E-state index in [0.29, 0.717) is 29.9 Å². The number of nitrogens with one attached hydrogen (secondary N) is 1. The first-order chi connectivity index (χ1) is 14.2. The average molecular weight is 382 g/mol. The van der Waals surface area contributed by atoms with E-state index in [-0.39, 0.29) is 5.82 Å². The van der Waals surface area contributed by atoms with Crippen molar-refractivity contribution in [2.24, 2.45) is 0 Å². The Morgan fingerprint density at radius 2 is 1.76 bits per heavy atom. The van der Waals surface area contributed by atoms with Crippen LogP contribution in [0.15, 0.2) is 72.8 Å². The number of halogens is 1. The van der Waals surface area contributed by atoms with Gasteiger partial charge in [-0.3, -0.25) is 0 Å². The summed E-state index contributed by atoms with van der Waals surface area (Å²) >= 11 is 0. The van der Waals surface area contributed by atoms with Crippen LogP contribution in [0.4, 0.5) is 10.2 Å². The molecule has 3 aromatic carbocycles. The van der Waals surface area contributed by atoms with Crippen molar-refractivity contribution in [1.82, 2.24) is 15.5 Å². The third-order valence-electron chi connectivity index (χ3n) is 5.30. The van der Waals surface area contributed by atoms with Crippen LogP contribution in [0.1, 0.15) is 16.7 Å². The maximum Gasteiger partial charge on any atom is 0.146 e. The third kappa shape index (κ3) is 3.15. The Bertz CT molecular complexity index is 1250. The highest BCUT2D eigenvalue weighted by atomic mass is 19.1. The monoisotopic (exact) mass is 382 g/mol. The Morgan fingerprint density at radius 3 is 2.62 bits per heavy atom. The maximum atomic E-state index is 15.4. The molecule has 0 aliphatic carbocycles. The molecule has 4 nitrogen and oxygen atoms in total. The minimum Gasteiger partial charge on any atom is -0.382 e. The van der Waals surface area contributed by atoms with Crippen LogP contribution in [0.2, 0.25) is 0 Å². The van der Waals surface area contributed by atoms with Crippen LogP contribution in [0.3, 0.4) is 0 Å². The summed E-state index contributed by atoms with van der Waals surface area (Å²) in [6.45, 7) is 1.37. The van der Waals surface area contributed by atoms with Crippen molar-refractivity contribution in [2.75, 3.05) is 12.3 Å². The lowest BCUT2D eigenvalue weighted by Gasteiger charge is -2.14. The van der Waals surface area contributed by atoms with Crippen LogP contribution in [-0.2, 0) is 6.54 Å². The fraction of sp³-hybridized carbons (Fsp3) is 0.0833. The van der Waals surface area contributed by atoms with Gasteiger partial charge in [0.25, 0.3) is 0 Å². The molecule has 0 unspecified atom stereocenters. The van der Waals surface area contributed by atoms with E-state index >= 15 is 4.39 Å². The van der Waals surface area contributed by atoms with E-state index in [2.05, 4.69) is 27.7 Å². The molecule has 0 saturated carbocycles. The third-order valence-corrected chi connectivity index (χ3v) is 5.30. The molecule has 0 saturated heterocycles. The van der Waals surface area contributed by atoms with Gasteiger partial charge in [0, 0.05) is 29.6 Å². The van der Waals surface area contributed by atoms with E-state index < -0.39 is 0 Å². The molecule has 1 aromatic heterocycles. The topological polar surface area (TPSA) is 63.8 Å². The number of nitrogens with two attached hydrogens (primary N) is 1. The number of hydrogen-bond acceptors (Lipinski definition) is 4. The first-order valence-electron chi connectivity index (χ1n) is 9.52. The van der Waals surface area contributed by atoms with E-state index in [1.807, 2.05) is 54.6 Å². The fourth-order valence-electron chi connectivity index (χ4n) is 3.85. The van der Waals surface area contributed by atoms with Crippen molar-refractivity contribution in [3.63, 3.8) is 0 Å². The van der Waals surface area contributed by atoms with Crippen LogP contribution in [0.5, 0.6) is 0 Å². The fourth-order valence-corrected chi connectivity index (χ4v) is 3.85. The molecule has 0 amide bonds. The smallest absolute Gasteiger partial charge is 0.146 e. The Balaban J connectivity index is 1.63. The summed E-state index contributed by atoms with van der Waals surface area (Å²) < 4.78 is 15.4. The van der Waals surface area contributed by atoms with Crippen LogP contribution >= 0.6 is 0 Å². The molecule has 1 aliphatic rings. The molecule has 3 N–H and O–H groups in total. The molecule has 5 heteroatoms. The molecule has 4 aromatic rings. The molecule has 0 fully saturated rings. The van der Waals surface area contributed by atoms with E-state index in [9.17, 15) is 0 Å². The highest BCUT2D eigenvalue weighted by Crippen LogP contribution is 2.34. The number of nitrogens with zero attached hydrogens (tertiary/aromatic N) is 2. The predicted molar refractivity (Wildman–Crippen MR) is 115 cm³/mol. The van der Waals surface area contributed by atoms with Crippen molar-refractivity contribution in [3.05, 3.63) is 95.3 Å². The quantitative estimate of drug-likeness (QED) is 0.534. The summed E-state index contributed by atoms with van der Waals surface area (Å²) in [6, 6.07) is 21.1. The zero-order valence-electron chi connectivity index (χ0n) is 15.7. The summed E-state index contributed by atoms with van der Waals surface area (Å²) in [4.78, 5) is 0. The highest BCUT2D eigenvalue weighted by molar-refractivity contribution is 5.91. The molecule has 0 radical (unpaired) electrons. The van der Waals surface area contributed by atoms with E-state index in [4.69, 9.17) is 5.73 Å². The number of rotatable bonds is 2. The van der Waals surface area contributed by atoms with Gasteiger partial charge in [0.15, 0.2) is 0 Å². The molecule has 0 spiro atoms. The standard InChI is InChI=1S/C24H19FN4/c25-24-19-4-2-1-3-15(19)5-8-21(24)20-11-12-27-14-17-13-16(6-7-18(17)20)22-9-10-23(26)29-28-22/h1-11,13,27H,12,14H2,(H2,26,29). The summed E-state index contributed by atoms with van der Waals surface area (Å²) in [5.74, 6) is 0.206. The SMILES string of the molecule is Nc1ccc(-c2ccc3c(c2)CNCC=C3c2ccc3ccccc3c2F)nn1. The van der Waals surface area contributed by atoms with Crippen LogP contribution in [0, 0.1) is 5.82 Å². The summed E-state index contributed by atoms with van der Waals surface area (Å²) in [5.41, 5.74) is 11.0. The molecular formula is C24H19FN4. The van der Waals surface area contributed by atoms with Gasteiger partial charge in [-0.1, -0.05) is 54.6 Å². The largest absolute Gasteiger partial charge is 0.382 e. The number of anilines is 1. The zero-order valence-corrected chi connectivity index (χ0v) is 15.7. The lowest BCUT2D eigenvalue weighted by molar-refractivity contribution is 0.636. The first kappa shape index (κ1) is 17.5. The van der Waals surface area contributed by atoms with Gasteiger partial charge in [0.2, 0.25) is 0 Å². The van der Waals surface area contributed by atoms with Crippen LogP contribution < -0.4 is 11.1 Å². The lowest BCUT2D eigenvalue weighted by Crippen LogP contribution is -2.11. The molecule has 29 heavy (non-hydrogen) atoms. The van der Waals surface area contributed by atoms with Gasteiger partial charge in [-0.25, -0.2) is 4.39 Å². The lowest BCUT2D eigenvalue weighted by atomic mass is 9.91. The minimum absolute atomic E-state index is 0.185. The first-order valence-corrected chi connectivity index (χ1v) is 9.52. The molecule has 142 valence electrons. The second-order valence-corrected chi connectivity index (χ2v) is 7.11. The number of aromatic nitrogens is 2. The Hall–Kier alpha value is -3.57. The van der Waals surface area contributed by atoms with E-state index in [0.717, 1.165) is 33.3 Å². The zero-order chi connectivity index (χ0) is 19.8. The summed E-state index contributed by atoms with van der Waals surface area (Å²) in [5, 5.41) is 13.0. The molecule has 1 aliphatic heterocycles. The predicted octanol–water partition coefficient (Wildman–Crippen LogP) is 4.55. The van der Waals surface area contributed by atoms with E-state index in [1.54, 1.807) is 6.07 Å². The van der Waals surface area contributed by atoms with Crippen LogP contribution in [0.25, 0.3) is 27.6 Å². The van der Waals surface area contributed by atoms with Gasteiger partial charge in [0.05, 0.1) is 5.69 Å². The molecule has 0 bridgehead atoms. The van der Waals surface area contributed by atoms with Crippen LogP contribution in [-0.4, -0.2) is 16.7 Å². The number of hydrogen-bond donors (Lipinski definition) is 2. The van der Waals surface area contributed by atoms with Crippen molar-refractivity contribution < 1.29 is 4.39 Å².